The summed E-state index contributed by atoms with van der Waals surface area (Å²) in [4.78, 5) is 0. The van der Waals surface area contributed by atoms with Crippen LogP contribution in [0.4, 0.5) is 0 Å². The molecule has 1 aliphatic carbocycles. The number of aromatic nitrogens is 2. The summed E-state index contributed by atoms with van der Waals surface area (Å²) >= 11 is 0. The number of nitrogens with zero attached hydrogens (tertiary/aromatic N) is 1. The first kappa shape index (κ1) is 7.80. The van der Waals surface area contributed by atoms with Crippen LogP contribution in [0.1, 0.15) is 30.3 Å². The van der Waals surface area contributed by atoms with E-state index in [1.807, 2.05) is 0 Å². The Morgan fingerprint density at radius 1 is 1.67 bits per heavy atom. The molecule has 1 heterocycles. The number of aromatic amines is 1. The molecule has 0 radical (unpaired) electrons. The van der Waals surface area contributed by atoms with Crippen molar-refractivity contribution in [1.29, 1.82) is 0 Å². The third kappa shape index (κ3) is 1.14. The fourth-order valence-electron chi connectivity index (χ4n) is 1.86. The van der Waals surface area contributed by atoms with Gasteiger partial charge in [-0.15, -0.1) is 0 Å². The zero-order chi connectivity index (χ0) is 8.55. The van der Waals surface area contributed by atoms with Crippen molar-refractivity contribution in [1.82, 2.24) is 10.2 Å². The van der Waals surface area contributed by atoms with Crippen LogP contribution in [0.3, 0.4) is 0 Å². The van der Waals surface area contributed by atoms with Crippen LogP contribution >= 0.6 is 0 Å². The van der Waals surface area contributed by atoms with Crippen LogP contribution in [0.15, 0.2) is 0 Å². The fourth-order valence-corrected chi connectivity index (χ4v) is 1.86. The van der Waals surface area contributed by atoms with E-state index in [0.717, 1.165) is 24.5 Å². The molecule has 12 heavy (non-hydrogen) atoms. The molecule has 1 atom stereocenters. The van der Waals surface area contributed by atoms with Gasteiger partial charge in [-0.05, 0) is 30.7 Å². The van der Waals surface area contributed by atoms with Gasteiger partial charge >= 0.3 is 0 Å². The highest BCUT2D eigenvalue weighted by atomic mass is 16.3. The smallest absolute Gasteiger partial charge is 0.0911 e. The van der Waals surface area contributed by atoms with Crippen molar-refractivity contribution in [2.45, 2.75) is 32.8 Å². The summed E-state index contributed by atoms with van der Waals surface area (Å²) < 4.78 is 0. The summed E-state index contributed by atoms with van der Waals surface area (Å²) in [6.07, 6.45) is 3.39. The highest BCUT2D eigenvalue weighted by molar-refractivity contribution is 5.27. The van der Waals surface area contributed by atoms with Gasteiger partial charge in [-0.3, -0.25) is 5.10 Å². The minimum Gasteiger partial charge on any atom is -0.390 e. The Bertz CT molecular complexity index is 267. The molecular formula is C9H14N2O. The number of aliphatic hydroxyl groups excluding tert-OH is 1. The molecule has 2 N–H and O–H groups in total. The summed E-state index contributed by atoms with van der Waals surface area (Å²) in [5, 5.41) is 16.0. The van der Waals surface area contributed by atoms with Crippen molar-refractivity contribution in [2.24, 2.45) is 5.92 Å². The maximum absolute atomic E-state index is 8.99. The SMILES string of the molecule is CC1CCc2[nH]nc(CO)c2C1. The summed E-state index contributed by atoms with van der Waals surface area (Å²) in [5.41, 5.74) is 3.34. The zero-order valence-electron chi connectivity index (χ0n) is 7.30. The number of H-pyrrole nitrogens is 1. The molecule has 2 rings (SSSR count). The number of nitrogens with one attached hydrogen (secondary N) is 1. The van der Waals surface area contributed by atoms with Crippen LogP contribution in [0, 0.1) is 5.92 Å². The molecule has 1 aromatic heterocycles. The van der Waals surface area contributed by atoms with E-state index in [-0.39, 0.29) is 6.61 Å². The van der Waals surface area contributed by atoms with Crippen molar-refractivity contribution in [3.05, 3.63) is 17.0 Å². The van der Waals surface area contributed by atoms with Crippen molar-refractivity contribution in [3.63, 3.8) is 0 Å². The molecule has 0 spiro atoms. The lowest BCUT2D eigenvalue weighted by molar-refractivity contribution is 0.274. The molecule has 66 valence electrons. The molecule has 3 nitrogen and oxygen atoms in total. The van der Waals surface area contributed by atoms with Gasteiger partial charge in [0.1, 0.15) is 0 Å². The number of hydrogen-bond acceptors (Lipinski definition) is 2. The fraction of sp³-hybridized carbons (Fsp3) is 0.667. The molecule has 0 fully saturated rings. The third-order valence-corrected chi connectivity index (χ3v) is 2.63. The van der Waals surface area contributed by atoms with Crippen LogP contribution in [0.25, 0.3) is 0 Å². The van der Waals surface area contributed by atoms with Crippen molar-refractivity contribution >= 4 is 0 Å². The second-order valence-corrected chi connectivity index (χ2v) is 3.63. The molecule has 0 amide bonds. The van der Waals surface area contributed by atoms with Gasteiger partial charge in [0.05, 0.1) is 12.3 Å². The van der Waals surface area contributed by atoms with E-state index in [0.29, 0.717) is 0 Å². The average molecular weight is 166 g/mol. The molecule has 1 aliphatic rings. The molecule has 1 aromatic rings. The first-order chi connectivity index (χ1) is 5.81. The summed E-state index contributed by atoms with van der Waals surface area (Å²) in [6, 6.07) is 0. The molecule has 0 bridgehead atoms. The van der Waals surface area contributed by atoms with Gasteiger partial charge in [0.25, 0.3) is 0 Å². The maximum atomic E-state index is 8.99. The molecule has 0 aromatic carbocycles. The van der Waals surface area contributed by atoms with E-state index in [1.54, 1.807) is 0 Å². The van der Waals surface area contributed by atoms with Gasteiger partial charge in [-0.2, -0.15) is 5.10 Å². The summed E-state index contributed by atoms with van der Waals surface area (Å²) in [6.45, 7) is 2.32. The molecule has 1 unspecified atom stereocenters. The predicted octanol–water partition coefficient (Wildman–Crippen LogP) is 1.03. The van der Waals surface area contributed by atoms with E-state index in [9.17, 15) is 0 Å². The lowest BCUT2D eigenvalue weighted by atomic mass is 9.88. The second kappa shape index (κ2) is 2.90. The van der Waals surface area contributed by atoms with Crippen LogP contribution in [0.5, 0.6) is 0 Å². The van der Waals surface area contributed by atoms with Gasteiger partial charge in [0.2, 0.25) is 0 Å². The Kier molecular flexibility index (Phi) is 1.89. The molecule has 3 heteroatoms. The van der Waals surface area contributed by atoms with Crippen molar-refractivity contribution in [3.8, 4) is 0 Å². The van der Waals surface area contributed by atoms with Gasteiger partial charge in [-0.25, -0.2) is 0 Å². The van der Waals surface area contributed by atoms with E-state index < -0.39 is 0 Å². The molecule has 0 saturated carbocycles. The van der Waals surface area contributed by atoms with E-state index in [4.69, 9.17) is 5.11 Å². The Hall–Kier alpha value is -0.830. The number of aliphatic hydroxyl groups is 1. The Morgan fingerprint density at radius 3 is 3.25 bits per heavy atom. The maximum Gasteiger partial charge on any atom is 0.0911 e. The number of fused-ring (bicyclic) bond motifs is 1. The van der Waals surface area contributed by atoms with Gasteiger partial charge in [0, 0.05) is 5.69 Å². The molecular weight excluding hydrogens is 152 g/mol. The van der Waals surface area contributed by atoms with E-state index in [2.05, 4.69) is 17.1 Å². The van der Waals surface area contributed by atoms with Crippen LogP contribution in [-0.4, -0.2) is 15.3 Å². The number of rotatable bonds is 1. The second-order valence-electron chi connectivity index (χ2n) is 3.63. The topological polar surface area (TPSA) is 48.9 Å². The van der Waals surface area contributed by atoms with Crippen LogP contribution in [-0.2, 0) is 19.4 Å². The van der Waals surface area contributed by atoms with E-state index >= 15 is 0 Å². The lowest BCUT2D eigenvalue weighted by Crippen LogP contribution is -2.11. The summed E-state index contributed by atoms with van der Waals surface area (Å²) in [5.74, 6) is 0.736. The highest BCUT2D eigenvalue weighted by Gasteiger charge is 2.20. The number of aryl methyl sites for hydroxylation is 1. The minimum atomic E-state index is 0.0680. The molecule has 0 aliphatic heterocycles. The van der Waals surface area contributed by atoms with E-state index in [1.165, 1.54) is 17.7 Å². The zero-order valence-corrected chi connectivity index (χ0v) is 7.30. The normalized spacial score (nSPS) is 22.3. The lowest BCUT2D eigenvalue weighted by Gasteiger charge is -2.17. The first-order valence-electron chi connectivity index (χ1n) is 4.47. The highest BCUT2D eigenvalue weighted by Crippen LogP contribution is 2.25. The van der Waals surface area contributed by atoms with Gasteiger partial charge in [0.15, 0.2) is 0 Å². The number of hydrogen-bond donors (Lipinski definition) is 2. The standard InChI is InChI=1S/C9H14N2O/c1-6-2-3-8-7(4-6)9(5-12)11-10-8/h6,12H,2-5H2,1H3,(H,10,11). The Labute approximate surface area is 71.8 Å². The first-order valence-corrected chi connectivity index (χ1v) is 4.47. The average Bonchev–Trinajstić information content (AvgIpc) is 2.46. The predicted molar refractivity (Wildman–Crippen MR) is 45.7 cm³/mol. The Balaban J connectivity index is 2.34. The quantitative estimate of drug-likeness (QED) is 0.654. The monoisotopic (exact) mass is 166 g/mol. The largest absolute Gasteiger partial charge is 0.390 e. The molecule has 0 saturated heterocycles. The summed E-state index contributed by atoms with van der Waals surface area (Å²) in [7, 11) is 0. The third-order valence-electron chi connectivity index (χ3n) is 2.63. The Morgan fingerprint density at radius 2 is 2.50 bits per heavy atom. The van der Waals surface area contributed by atoms with Crippen molar-refractivity contribution in [2.75, 3.05) is 0 Å². The van der Waals surface area contributed by atoms with Crippen LogP contribution < -0.4 is 0 Å². The van der Waals surface area contributed by atoms with Gasteiger partial charge in [-0.1, -0.05) is 6.92 Å². The van der Waals surface area contributed by atoms with Crippen molar-refractivity contribution < 1.29 is 5.11 Å². The van der Waals surface area contributed by atoms with Gasteiger partial charge < -0.3 is 5.11 Å². The van der Waals surface area contributed by atoms with Crippen LogP contribution in [0.2, 0.25) is 0 Å². The minimum absolute atomic E-state index is 0.0680.